The maximum absolute atomic E-state index is 14.8. The predicted octanol–water partition coefficient (Wildman–Crippen LogP) is 5.71. The molecule has 9 heteroatoms. The molecule has 4 aromatic heterocycles. The highest BCUT2D eigenvalue weighted by Gasteiger charge is 2.30. The van der Waals surface area contributed by atoms with E-state index in [4.69, 9.17) is 4.98 Å². The highest BCUT2D eigenvalue weighted by molar-refractivity contribution is 7.08. The van der Waals surface area contributed by atoms with Crippen LogP contribution in [0.1, 0.15) is 34.9 Å². The SMILES string of the molecule is C=Cn1c(-c2nc(C3CCN(C(=O)c4ccsc4)CC3)n3ccnc(NC)c23)cc2cccc(F)c21. The summed E-state index contributed by atoms with van der Waals surface area (Å²) in [7, 11) is 1.83. The van der Waals surface area contributed by atoms with Crippen molar-refractivity contribution in [3.05, 3.63) is 77.3 Å². The topological polar surface area (TPSA) is 67.5 Å². The average molecular weight is 501 g/mol. The van der Waals surface area contributed by atoms with Gasteiger partial charge in [0.2, 0.25) is 0 Å². The van der Waals surface area contributed by atoms with Gasteiger partial charge in [0, 0.05) is 55.4 Å². The summed E-state index contributed by atoms with van der Waals surface area (Å²) >= 11 is 1.53. The van der Waals surface area contributed by atoms with Crippen molar-refractivity contribution < 1.29 is 9.18 Å². The zero-order chi connectivity index (χ0) is 24.8. The van der Waals surface area contributed by atoms with Crippen LogP contribution < -0.4 is 5.32 Å². The number of fused-ring (bicyclic) bond motifs is 2. The van der Waals surface area contributed by atoms with Gasteiger partial charge in [-0.25, -0.2) is 14.4 Å². The highest BCUT2D eigenvalue weighted by atomic mass is 32.1. The Morgan fingerprint density at radius 2 is 2.08 bits per heavy atom. The van der Waals surface area contributed by atoms with Crippen molar-refractivity contribution in [3.8, 4) is 11.4 Å². The number of piperidine rings is 1. The summed E-state index contributed by atoms with van der Waals surface area (Å²) < 4.78 is 18.6. The van der Waals surface area contributed by atoms with Crippen molar-refractivity contribution in [2.45, 2.75) is 18.8 Å². The molecule has 0 atom stereocenters. The Morgan fingerprint density at radius 3 is 2.81 bits per heavy atom. The summed E-state index contributed by atoms with van der Waals surface area (Å²) in [5.41, 5.74) is 3.53. The van der Waals surface area contributed by atoms with E-state index < -0.39 is 0 Å². The first-order chi connectivity index (χ1) is 17.6. The van der Waals surface area contributed by atoms with Gasteiger partial charge < -0.3 is 14.8 Å². The first-order valence-corrected chi connectivity index (χ1v) is 12.8. The fourth-order valence-corrected chi connectivity index (χ4v) is 5.86. The number of likely N-dealkylation sites (tertiary alicyclic amines) is 1. The van der Waals surface area contributed by atoms with Crippen LogP contribution in [0.5, 0.6) is 0 Å². The third kappa shape index (κ3) is 3.50. The normalized spacial score (nSPS) is 14.6. The molecule has 0 radical (unpaired) electrons. The molecule has 0 spiro atoms. The van der Waals surface area contributed by atoms with Crippen molar-refractivity contribution in [2.24, 2.45) is 0 Å². The maximum atomic E-state index is 14.8. The van der Waals surface area contributed by atoms with E-state index >= 15 is 0 Å². The van der Waals surface area contributed by atoms with E-state index in [0.717, 1.165) is 46.5 Å². The molecule has 0 unspecified atom stereocenters. The molecule has 0 saturated carbocycles. The van der Waals surface area contributed by atoms with Gasteiger partial charge >= 0.3 is 0 Å². The standard InChI is InChI=1S/C27H25FN6OS/c1-3-33-21(15-18-5-4-6-20(28)23(18)33)22-24-25(29-2)30-10-13-34(24)26(31-22)17-7-11-32(12-8-17)27(35)19-9-14-36-16-19/h3-6,9-10,13-17H,1,7-8,11-12H2,2H3,(H,29,30). The van der Waals surface area contributed by atoms with Crippen LogP contribution >= 0.6 is 11.3 Å². The maximum Gasteiger partial charge on any atom is 0.254 e. The molecule has 7 nitrogen and oxygen atoms in total. The van der Waals surface area contributed by atoms with E-state index in [1.165, 1.54) is 17.4 Å². The fraction of sp³-hybridized carbons (Fsp3) is 0.222. The molecule has 0 bridgehead atoms. The number of carbonyl (C=O) groups is 1. The van der Waals surface area contributed by atoms with Crippen molar-refractivity contribution in [1.29, 1.82) is 0 Å². The number of amides is 1. The average Bonchev–Trinajstić information content (AvgIpc) is 3.65. The Balaban J connectivity index is 1.43. The number of carbonyl (C=O) groups excluding carboxylic acids is 1. The summed E-state index contributed by atoms with van der Waals surface area (Å²) in [4.78, 5) is 24.4. The van der Waals surface area contributed by atoms with Gasteiger partial charge in [0.1, 0.15) is 22.9 Å². The first-order valence-electron chi connectivity index (χ1n) is 11.9. The molecule has 1 fully saturated rings. The van der Waals surface area contributed by atoms with Gasteiger partial charge in [0.15, 0.2) is 5.82 Å². The molecule has 1 saturated heterocycles. The Morgan fingerprint density at radius 1 is 1.25 bits per heavy atom. The lowest BCUT2D eigenvalue weighted by Gasteiger charge is -2.31. The van der Waals surface area contributed by atoms with Crippen LogP contribution in [-0.2, 0) is 0 Å². The van der Waals surface area contributed by atoms with Crippen LogP contribution in [0.25, 0.3) is 34.0 Å². The number of halogens is 1. The number of thiophene rings is 1. The van der Waals surface area contributed by atoms with Gasteiger partial charge in [-0.1, -0.05) is 18.7 Å². The lowest BCUT2D eigenvalue weighted by Crippen LogP contribution is -2.38. The Hall–Kier alpha value is -3.98. The number of hydrogen-bond acceptors (Lipinski definition) is 5. The van der Waals surface area contributed by atoms with Crippen LogP contribution in [0.2, 0.25) is 0 Å². The zero-order valence-corrected chi connectivity index (χ0v) is 20.6. The zero-order valence-electron chi connectivity index (χ0n) is 19.8. The van der Waals surface area contributed by atoms with E-state index in [-0.39, 0.29) is 17.6 Å². The number of benzene rings is 1. The monoisotopic (exact) mass is 500 g/mol. The van der Waals surface area contributed by atoms with Crippen LogP contribution in [0.3, 0.4) is 0 Å². The first kappa shape index (κ1) is 22.5. The lowest BCUT2D eigenvalue weighted by molar-refractivity contribution is 0.0711. The molecule has 36 heavy (non-hydrogen) atoms. The molecule has 5 heterocycles. The second-order valence-corrected chi connectivity index (χ2v) is 9.68. The number of para-hydroxylation sites is 1. The number of hydrogen-bond donors (Lipinski definition) is 1. The lowest BCUT2D eigenvalue weighted by atomic mass is 9.95. The van der Waals surface area contributed by atoms with E-state index in [2.05, 4.69) is 21.3 Å². The van der Waals surface area contributed by atoms with Gasteiger partial charge in [0.25, 0.3) is 5.91 Å². The molecule has 182 valence electrons. The van der Waals surface area contributed by atoms with Gasteiger partial charge in [0.05, 0.1) is 16.8 Å². The van der Waals surface area contributed by atoms with E-state index in [1.54, 1.807) is 23.0 Å². The Labute approximate surface area is 211 Å². The summed E-state index contributed by atoms with van der Waals surface area (Å²) in [6, 6.07) is 8.87. The molecule has 5 aromatic rings. The van der Waals surface area contributed by atoms with Gasteiger partial charge in [-0.2, -0.15) is 11.3 Å². The molecule has 0 aliphatic carbocycles. The molecular formula is C27H25FN6OS. The molecule has 1 amide bonds. The smallest absolute Gasteiger partial charge is 0.254 e. The molecule has 1 aliphatic rings. The van der Waals surface area contributed by atoms with Gasteiger partial charge in [-0.15, -0.1) is 0 Å². The second kappa shape index (κ2) is 8.91. The van der Waals surface area contributed by atoms with Crippen molar-refractivity contribution >= 4 is 45.7 Å². The van der Waals surface area contributed by atoms with Crippen LogP contribution in [0, 0.1) is 5.82 Å². The minimum atomic E-state index is -0.308. The number of anilines is 1. The van der Waals surface area contributed by atoms with Crippen molar-refractivity contribution in [3.63, 3.8) is 0 Å². The molecule has 6 rings (SSSR count). The van der Waals surface area contributed by atoms with Gasteiger partial charge in [-0.3, -0.25) is 9.20 Å². The summed E-state index contributed by atoms with van der Waals surface area (Å²) in [5.74, 6) is 1.56. The third-order valence-corrected chi connectivity index (χ3v) is 7.65. The molecule has 1 aliphatic heterocycles. The van der Waals surface area contributed by atoms with Crippen LogP contribution in [-0.4, -0.2) is 49.9 Å². The molecular weight excluding hydrogens is 475 g/mol. The minimum absolute atomic E-state index is 0.0857. The van der Waals surface area contributed by atoms with E-state index in [9.17, 15) is 9.18 Å². The Kier molecular flexibility index (Phi) is 5.56. The quantitative estimate of drug-likeness (QED) is 0.336. The number of rotatable bonds is 5. The third-order valence-electron chi connectivity index (χ3n) is 6.97. The summed E-state index contributed by atoms with van der Waals surface area (Å²) in [5, 5.41) is 7.79. The molecule has 1 N–H and O–H groups in total. The summed E-state index contributed by atoms with van der Waals surface area (Å²) in [6.07, 6.45) is 6.92. The highest BCUT2D eigenvalue weighted by Crippen LogP contribution is 2.38. The summed E-state index contributed by atoms with van der Waals surface area (Å²) in [6.45, 7) is 5.28. The largest absolute Gasteiger partial charge is 0.371 e. The number of imidazole rings is 1. The van der Waals surface area contributed by atoms with E-state index in [1.807, 2.05) is 47.1 Å². The van der Waals surface area contributed by atoms with E-state index in [0.29, 0.717) is 24.4 Å². The van der Waals surface area contributed by atoms with Crippen molar-refractivity contribution in [2.75, 3.05) is 25.5 Å². The predicted molar refractivity (Wildman–Crippen MR) is 142 cm³/mol. The van der Waals surface area contributed by atoms with Crippen LogP contribution in [0.15, 0.2) is 60.1 Å². The van der Waals surface area contributed by atoms with Crippen molar-refractivity contribution in [1.82, 2.24) is 23.8 Å². The Bertz CT molecular complexity index is 1590. The number of nitrogens with one attached hydrogen (secondary N) is 1. The minimum Gasteiger partial charge on any atom is -0.371 e. The second-order valence-electron chi connectivity index (χ2n) is 8.90. The number of nitrogens with zero attached hydrogens (tertiary/aromatic N) is 5. The van der Waals surface area contributed by atoms with Crippen LogP contribution in [0.4, 0.5) is 10.2 Å². The number of aromatic nitrogens is 4. The molecule has 1 aromatic carbocycles. The fourth-order valence-electron chi connectivity index (χ4n) is 5.23. The van der Waals surface area contributed by atoms with Gasteiger partial charge in [-0.05, 0) is 36.4 Å².